The van der Waals surface area contributed by atoms with Crippen molar-refractivity contribution in [2.75, 3.05) is 19.0 Å². The van der Waals surface area contributed by atoms with E-state index in [1.165, 1.54) is 0 Å². The van der Waals surface area contributed by atoms with Crippen LogP contribution in [0.1, 0.15) is 13.3 Å². The molecule has 1 heterocycles. The van der Waals surface area contributed by atoms with Gasteiger partial charge < -0.3 is 24.9 Å². The van der Waals surface area contributed by atoms with Crippen molar-refractivity contribution in [3.8, 4) is 5.75 Å². The van der Waals surface area contributed by atoms with Gasteiger partial charge in [0.1, 0.15) is 16.9 Å². The van der Waals surface area contributed by atoms with Crippen molar-refractivity contribution in [1.29, 1.82) is 0 Å². The van der Waals surface area contributed by atoms with Crippen LogP contribution in [0.4, 0.5) is 10.5 Å². The standard InChI is InChI=1S/C18H20N2O4/c1-11(7-8-21)19-18(22)20-14-10-16-13(9-17(14)23-2)12-5-3-4-6-15(12)24-16/h3-6,9-11,21H,7-8H2,1-2H3,(H2,19,20,22)/t11-/m1/s1. The molecule has 0 bridgehead atoms. The number of benzene rings is 2. The predicted octanol–water partition coefficient (Wildman–Crippen LogP) is 3.49. The molecule has 3 aromatic rings. The maximum Gasteiger partial charge on any atom is 0.319 e. The number of hydrogen-bond acceptors (Lipinski definition) is 4. The molecule has 0 aliphatic rings. The van der Waals surface area contributed by atoms with E-state index in [0.29, 0.717) is 23.4 Å². The summed E-state index contributed by atoms with van der Waals surface area (Å²) in [5.41, 5.74) is 1.99. The highest BCUT2D eigenvalue weighted by molar-refractivity contribution is 6.07. The van der Waals surface area contributed by atoms with E-state index in [0.717, 1.165) is 16.4 Å². The monoisotopic (exact) mass is 328 g/mol. The molecule has 1 aromatic heterocycles. The van der Waals surface area contributed by atoms with Crippen molar-refractivity contribution in [2.24, 2.45) is 0 Å². The molecular formula is C18H20N2O4. The number of rotatable bonds is 5. The highest BCUT2D eigenvalue weighted by atomic mass is 16.5. The lowest BCUT2D eigenvalue weighted by Crippen LogP contribution is -2.36. The van der Waals surface area contributed by atoms with Crippen LogP contribution >= 0.6 is 0 Å². The van der Waals surface area contributed by atoms with Crippen LogP contribution in [-0.2, 0) is 0 Å². The van der Waals surface area contributed by atoms with E-state index in [2.05, 4.69) is 10.6 Å². The van der Waals surface area contributed by atoms with Crippen LogP contribution in [0.15, 0.2) is 40.8 Å². The van der Waals surface area contributed by atoms with Crippen LogP contribution in [0.3, 0.4) is 0 Å². The minimum atomic E-state index is -0.357. The number of ether oxygens (including phenoxy) is 1. The molecule has 6 heteroatoms. The molecule has 0 spiro atoms. The van der Waals surface area contributed by atoms with Gasteiger partial charge in [0.25, 0.3) is 0 Å². The Morgan fingerprint density at radius 2 is 2.04 bits per heavy atom. The normalized spacial score (nSPS) is 12.3. The van der Waals surface area contributed by atoms with Gasteiger partial charge in [-0.15, -0.1) is 0 Å². The number of aliphatic hydroxyl groups is 1. The summed E-state index contributed by atoms with van der Waals surface area (Å²) in [4.78, 5) is 12.1. The predicted molar refractivity (Wildman–Crippen MR) is 93.6 cm³/mol. The van der Waals surface area contributed by atoms with Crippen LogP contribution in [-0.4, -0.2) is 30.9 Å². The number of carbonyl (C=O) groups is 1. The summed E-state index contributed by atoms with van der Waals surface area (Å²) in [6, 6.07) is 10.9. The third-order valence-electron chi connectivity index (χ3n) is 3.89. The summed E-state index contributed by atoms with van der Waals surface area (Å²) in [7, 11) is 1.56. The molecule has 0 fully saturated rings. The van der Waals surface area contributed by atoms with Gasteiger partial charge in [0.15, 0.2) is 0 Å². The van der Waals surface area contributed by atoms with Gasteiger partial charge >= 0.3 is 6.03 Å². The Kier molecular flexibility index (Phi) is 4.57. The quantitative estimate of drug-likeness (QED) is 0.669. The molecule has 0 aliphatic carbocycles. The molecule has 24 heavy (non-hydrogen) atoms. The van der Waals surface area contributed by atoms with E-state index in [4.69, 9.17) is 14.3 Å². The number of nitrogens with one attached hydrogen (secondary N) is 2. The van der Waals surface area contributed by atoms with Gasteiger partial charge in [0.05, 0.1) is 12.8 Å². The minimum absolute atomic E-state index is 0.0235. The molecule has 0 radical (unpaired) electrons. The van der Waals surface area contributed by atoms with Crippen molar-refractivity contribution < 1.29 is 19.1 Å². The fourth-order valence-electron chi connectivity index (χ4n) is 2.67. The number of methoxy groups -OCH3 is 1. The molecule has 1 atom stereocenters. The van der Waals surface area contributed by atoms with E-state index in [1.54, 1.807) is 13.2 Å². The molecule has 3 N–H and O–H groups in total. The molecule has 0 unspecified atom stereocenters. The number of anilines is 1. The highest BCUT2D eigenvalue weighted by Gasteiger charge is 2.14. The van der Waals surface area contributed by atoms with E-state index >= 15 is 0 Å². The van der Waals surface area contributed by atoms with E-state index in [-0.39, 0.29) is 18.7 Å². The zero-order valence-electron chi connectivity index (χ0n) is 13.6. The van der Waals surface area contributed by atoms with E-state index < -0.39 is 0 Å². The number of para-hydroxylation sites is 1. The Bertz CT molecular complexity index is 872. The topological polar surface area (TPSA) is 83.7 Å². The maximum absolute atomic E-state index is 12.1. The smallest absolute Gasteiger partial charge is 0.319 e. The first-order valence-electron chi connectivity index (χ1n) is 7.80. The number of carbonyl (C=O) groups excluding carboxylic acids is 1. The SMILES string of the molecule is COc1cc2c(cc1NC(=O)N[C@H](C)CCO)oc1ccccc12. The van der Waals surface area contributed by atoms with Gasteiger partial charge in [-0.3, -0.25) is 0 Å². The number of furan rings is 1. The Balaban J connectivity index is 1.92. The fourth-order valence-corrected chi connectivity index (χ4v) is 2.67. The van der Waals surface area contributed by atoms with Crippen molar-refractivity contribution in [3.05, 3.63) is 36.4 Å². The van der Waals surface area contributed by atoms with Crippen LogP contribution in [0, 0.1) is 0 Å². The molecule has 0 saturated carbocycles. The molecule has 2 aromatic carbocycles. The van der Waals surface area contributed by atoms with Crippen molar-refractivity contribution >= 4 is 33.7 Å². The number of aliphatic hydroxyl groups excluding tert-OH is 1. The lowest BCUT2D eigenvalue weighted by molar-refractivity contribution is 0.241. The fraction of sp³-hybridized carbons (Fsp3) is 0.278. The largest absolute Gasteiger partial charge is 0.495 e. The zero-order valence-corrected chi connectivity index (χ0v) is 13.6. The van der Waals surface area contributed by atoms with Gasteiger partial charge in [-0.25, -0.2) is 4.79 Å². The summed E-state index contributed by atoms with van der Waals surface area (Å²) >= 11 is 0. The Morgan fingerprint density at radius 1 is 1.25 bits per heavy atom. The van der Waals surface area contributed by atoms with E-state index in [1.807, 2.05) is 37.3 Å². The third kappa shape index (κ3) is 3.14. The molecule has 126 valence electrons. The second kappa shape index (κ2) is 6.80. The lowest BCUT2D eigenvalue weighted by atomic mass is 10.1. The first-order valence-corrected chi connectivity index (χ1v) is 7.80. The van der Waals surface area contributed by atoms with Crippen LogP contribution in [0.5, 0.6) is 5.75 Å². The summed E-state index contributed by atoms with van der Waals surface area (Å²) in [5, 5.41) is 16.4. The Labute approximate surface area is 139 Å². The van der Waals surface area contributed by atoms with Crippen molar-refractivity contribution in [3.63, 3.8) is 0 Å². The average molecular weight is 328 g/mol. The molecule has 0 saturated heterocycles. The molecule has 3 rings (SSSR count). The lowest BCUT2D eigenvalue weighted by Gasteiger charge is -2.15. The summed E-state index contributed by atoms with van der Waals surface area (Å²) < 4.78 is 11.2. The zero-order chi connectivity index (χ0) is 17.1. The minimum Gasteiger partial charge on any atom is -0.495 e. The third-order valence-corrected chi connectivity index (χ3v) is 3.89. The second-order valence-corrected chi connectivity index (χ2v) is 5.66. The van der Waals surface area contributed by atoms with Gasteiger partial charge in [-0.2, -0.15) is 0 Å². The summed E-state index contributed by atoms with van der Waals surface area (Å²) in [6.45, 7) is 1.85. The first kappa shape index (κ1) is 16.1. The number of amides is 2. The van der Waals surface area contributed by atoms with Crippen molar-refractivity contribution in [1.82, 2.24) is 5.32 Å². The first-order chi connectivity index (χ1) is 11.6. The second-order valence-electron chi connectivity index (χ2n) is 5.66. The average Bonchev–Trinajstić information content (AvgIpc) is 2.91. The maximum atomic E-state index is 12.1. The molecule has 2 amide bonds. The molecule has 6 nitrogen and oxygen atoms in total. The summed E-state index contributed by atoms with van der Waals surface area (Å²) in [5.74, 6) is 0.555. The number of hydrogen-bond donors (Lipinski definition) is 3. The molecular weight excluding hydrogens is 308 g/mol. The van der Waals surface area contributed by atoms with Gasteiger partial charge in [0, 0.05) is 29.5 Å². The Morgan fingerprint density at radius 3 is 2.79 bits per heavy atom. The molecule has 0 aliphatic heterocycles. The van der Waals surface area contributed by atoms with Gasteiger partial charge in [0.2, 0.25) is 0 Å². The van der Waals surface area contributed by atoms with Crippen LogP contribution < -0.4 is 15.4 Å². The van der Waals surface area contributed by atoms with Gasteiger partial charge in [-0.1, -0.05) is 18.2 Å². The Hall–Kier alpha value is -2.73. The number of urea groups is 1. The van der Waals surface area contributed by atoms with Crippen LogP contribution in [0.2, 0.25) is 0 Å². The highest BCUT2D eigenvalue weighted by Crippen LogP contribution is 2.36. The van der Waals surface area contributed by atoms with Crippen molar-refractivity contribution in [2.45, 2.75) is 19.4 Å². The van der Waals surface area contributed by atoms with Crippen LogP contribution in [0.25, 0.3) is 21.9 Å². The van der Waals surface area contributed by atoms with Gasteiger partial charge in [-0.05, 0) is 25.5 Å². The number of fused-ring (bicyclic) bond motifs is 3. The van der Waals surface area contributed by atoms with E-state index in [9.17, 15) is 4.79 Å². The summed E-state index contributed by atoms with van der Waals surface area (Å²) in [6.07, 6.45) is 0.493.